The fourth-order valence-electron chi connectivity index (χ4n) is 1.68. The molecule has 0 amide bonds. The molecule has 1 aromatic heterocycles. The van der Waals surface area contributed by atoms with Crippen molar-refractivity contribution in [3.8, 4) is 0 Å². The number of thiophene rings is 1. The Kier molecular flexibility index (Phi) is 3.24. The highest BCUT2D eigenvalue weighted by Crippen LogP contribution is 2.35. The van der Waals surface area contributed by atoms with E-state index in [1.165, 1.54) is 12.1 Å². The van der Waals surface area contributed by atoms with E-state index in [1.807, 2.05) is 6.92 Å². The van der Waals surface area contributed by atoms with E-state index >= 15 is 0 Å². The molecular formula is C10H13NO4S2. The number of rotatable bonds is 5. The predicted octanol–water partition coefficient (Wildman–Crippen LogP) is 1.52. The summed E-state index contributed by atoms with van der Waals surface area (Å²) in [6, 6.07) is 2.66. The van der Waals surface area contributed by atoms with Gasteiger partial charge in [-0.2, -0.15) is 0 Å². The van der Waals surface area contributed by atoms with Gasteiger partial charge in [-0.05, 0) is 24.5 Å². The summed E-state index contributed by atoms with van der Waals surface area (Å²) in [5.74, 6) is -0.682. The zero-order chi connectivity index (χ0) is 12.6. The third kappa shape index (κ3) is 2.67. The number of sulfonamides is 1. The molecule has 17 heavy (non-hydrogen) atoms. The van der Waals surface area contributed by atoms with E-state index in [2.05, 4.69) is 4.72 Å². The number of hydrogen-bond donors (Lipinski definition) is 2. The highest BCUT2D eigenvalue weighted by Gasteiger charge is 2.39. The zero-order valence-corrected chi connectivity index (χ0v) is 10.8. The molecule has 5 nitrogen and oxygen atoms in total. The van der Waals surface area contributed by atoms with Gasteiger partial charge in [-0.1, -0.05) is 13.3 Å². The average Bonchev–Trinajstić information content (AvgIpc) is 2.80. The molecule has 0 saturated heterocycles. The molecule has 1 saturated carbocycles. The van der Waals surface area contributed by atoms with Crippen LogP contribution in [-0.2, 0) is 10.0 Å². The van der Waals surface area contributed by atoms with Crippen molar-refractivity contribution >= 4 is 27.3 Å². The van der Waals surface area contributed by atoms with Crippen molar-refractivity contribution in [1.82, 2.24) is 4.72 Å². The summed E-state index contributed by atoms with van der Waals surface area (Å²) in [4.78, 5) is 10.7. The summed E-state index contributed by atoms with van der Waals surface area (Å²) >= 11 is 0.777. The minimum Gasteiger partial charge on any atom is -0.477 e. The van der Waals surface area contributed by atoms with Crippen molar-refractivity contribution in [3.05, 3.63) is 17.0 Å². The molecular weight excluding hydrogens is 262 g/mol. The summed E-state index contributed by atoms with van der Waals surface area (Å²) in [5, 5.41) is 8.73. The van der Waals surface area contributed by atoms with Gasteiger partial charge in [-0.15, -0.1) is 11.3 Å². The average molecular weight is 275 g/mol. The topological polar surface area (TPSA) is 83.5 Å². The van der Waals surface area contributed by atoms with Gasteiger partial charge in [0.15, 0.2) is 0 Å². The summed E-state index contributed by atoms with van der Waals surface area (Å²) in [5.41, 5.74) is 0. The lowest BCUT2D eigenvalue weighted by molar-refractivity contribution is 0.0702. The number of carboxylic acids is 1. The predicted molar refractivity (Wildman–Crippen MR) is 63.8 cm³/mol. The molecule has 2 atom stereocenters. The van der Waals surface area contributed by atoms with Crippen molar-refractivity contribution in [2.75, 3.05) is 0 Å². The maximum absolute atomic E-state index is 11.9. The highest BCUT2D eigenvalue weighted by atomic mass is 32.2. The normalized spacial score (nSPS) is 23.6. The van der Waals surface area contributed by atoms with Crippen LogP contribution in [0.25, 0.3) is 0 Å². The van der Waals surface area contributed by atoms with Crippen LogP contribution in [0, 0.1) is 5.92 Å². The quantitative estimate of drug-likeness (QED) is 0.853. The van der Waals surface area contributed by atoms with Gasteiger partial charge >= 0.3 is 5.97 Å². The van der Waals surface area contributed by atoms with Gasteiger partial charge in [-0.3, -0.25) is 0 Å². The van der Waals surface area contributed by atoms with E-state index in [1.54, 1.807) is 0 Å². The lowest BCUT2D eigenvalue weighted by Crippen LogP contribution is -2.26. The molecule has 1 aromatic rings. The monoisotopic (exact) mass is 275 g/mol. The van der Waals surface area contributed by atoms with Crippen LogP contribution in [0.1, 0.15) is 29.4 Å². The number of hydrogen-bond acceptors (Lipinski definition) is 4. The van der Waals surface area contributed by atoms with Crippen LogP contribution in [0.15, 0.2) is 16.3 Å². The van der Waals surface area contributed by atoms with Gasteiger partial charge in [0.2, 0.25) is 10.0 Å². The lowest BCUT2D eigenvalue weighted by Gasteiger charge is -2.02. The third-order valence-corrected chi connectivity index (χ3v) is 5.87. The molecule has 0 radical (unpaired) electrons. The van der Waals surface area contributed by atoms with Crippen LogP contribution >= 0.6 is 11.3 Å². The van der Waals surface area contributed by atoms with Crippen molar-refractivity contribution in [2.45, 2.75) is 30.0 Å². The second-order valence-corrected chi connectivity index (χ2v) is 7.08. The first kappa shape index (κ1) is 12.5. The van der Waals surface area contributed by atoms with E-state index in [-0.39, 0.29) is 15.1 Å². The fourth-order valence-corrected chi connectivity index (χ4v) is 4.16. The Morgan fingerprint density at radius 3 is 2.76 bits per heavy atom. The van der Waals surface area contributed by atoms with Gasteiger partial charge in [0.1, 0.15) is 9.09 Å². The molecule has 0 bridgehead atoms. The van der Waals surface area contributed by atoms with E-state index in [0.717, 1.165) is 24.2 Å². The molecule has 2 rings (SSSR count). The number of aromatic carboxylic acids is 1. The molecule has 1 aliphatic rings. The van der Waals surface area contributed by atoms with E-state index < -0.39 is 16.0 Å². The van der Waals surface area contributed by atoms with Gasteiger partial charge < -0.3 is 5.11 Å². The third-order valence-electron chi connectivity index (χ3n) is 2.81. The Hall–Kier alpha value is -0.920. The van der Waals surface area contributed by atoms with Crippen molar-refractivity contribution in [3.63, 3.8) is 0 Å². The summed E-state index contributed by atoms with van der Waals surface area (Å²) in [7, 11) is -3.55. The zero-order valence-electron chi connectivity index (χ0n) is 9.21. The Morgan fingerprint density at radius 1 is 1.59 bits per heavy atom. The smallest absolute Gasteiger partial charge is 0.345 e. The van der Waals surface area contributed by atoms with Crippen molar-refractivity contribution in [2.24, 2.45) is 5.92 Å². The largest absolute Gasteiger partial charge is 0.477 e. The first-order valence-electron chi connectivity index (χ1n) is 5.29. The van der Waals surface area contributed by atoms with Crippen LogP contribution < -0.4 is 4.72 Å². The standard InChI is InChI=1S/C10H13NO4S2/c1-2-6-5-7(6)11-17(14,15)9-4-3-8(16-9)10(12)13/h3-4,6-7,11H,2,5H2,1H3,(H,12,13). The first-order valence-corrected chi connectivity index (χ1v) is 7.59. The van der Waals surface area contributed by atoms with Gasteiger partial charge in [0.25, 0.3) is 0 Å². The van der Waals surface area contributed by atoms with E-state index in [4.69, 9.17) is 5.11 Å². The van der Waals surface area contributed by atoms with Gasteiger partial charge in [0, 0.05) is 6.04 Å². The summed E-state index contributed by atoms with van der Waals surface area (Å²) in [6.07, 6.45) is 1.82. The molecule has 0 spiro atoms. The number of carboxylic acid groups (broad SMARTS) is 1. The maximum atomic E-state index is 11.9. The van der Waals surface area contributed by atoms with Crippen LogP contribution in [-0.4, -0.2) is 25.5 Å². The van der Waals surface area contributed by atoms with Crippen LogP contribution in [0.5, 0.6) is 0 Å². The SMILES string of the molecule is CCC1CC1NS(=O)(=O)c1ccc(C(=O)O)s1. The Morgan fingerprint density at radius 2 is 2.29 bits per heavy atom. The van der Waals surface area contributed by atoms with Gasteiger partial charge in [-0.25, -0.2) is 17.9 Å². The Bertz CT molecular complexity index is 534. The molecule has 0 aromatic carbocycles. The van der Waals surface area contributed by atoms with Gasteiger partial charge in [0.05, 0.1) is 0 Å². The molecule has 1 fully saturated rings. The van der Waals surface area contributed by atoms with Crippen molar-refractivity contribution < 1.29 is 18.3 Å². The van der Waals surface area contributed by atoms with E-state index in [9.17, 15) is 13.2 Å². The highest BCUT2D eigenvalue weighted by molar-refractivity contribution is 7.91. The Labute approximate surface area is 104 Å². The molecule has 1 aliphatic carbocycles. The molecule has 94 valence electrons. The number of nitrogens with one attached hydrogen (secondary N) is 1. The minimum atomic E-state index is -3.55. The van der Waals surface area contributed by atoms with Crippen LogP contribution in [0.3, 0.4) is 0 Å². The first-order chi connectivity index (χ1) is 7.94. The van der Waals surface area contributed by atoms with E-state index in [0.29, 0.717) is 5.92 Å². The second kappa shape index (κ2) is 4.40. The molecule has 0 aliphatic heterocycles. The molecule has 7 heteroatoms. The number of carbonyl (C=O) groups is 1. The van der Waals surface area contributed by atoms with Crippen LogP contribution in [0.2, 0.25) is 0 Å². The second-order valence-electron chi connectivity index (χ2n) is 4.06. The van der Waals surface area contributed by atoms with Crippen molar-refractivity contribution in [1.29, 1.82) is 0 Å². The Balaban J connectivity index is 2.12. The lowest BCUT2D eigenvalue weighted by atomic mass is 10.3. The minimum absolute atomic E-state index is 0.0142. The summed E-state index contributed by atoms with van der Waals surface area (Å²) < 4.78 is 26.4. The molecule has 1 heterocycles. The molecule has 2 N–H and O–H groups in total. The van der Waals surface area contributed by atoms with Crippen LogP contribution in [0.4, 0.5) is 0 Å². The maximum Gasteiger partial charge on any atom is 0.345 e. The fraction of sp³-hybridized carbons (Fsp3) is 0.500. The summed E-state index contributed by atoms with van der Waals surface area (Å²) in [6.45, 7) is 2.02. The molecule has 2 unspecified atom stereocenters.